The fourth-order valence-electron chi connectivity index (χ4n) is 2.21. The summed E-state index contributed by atoms with van der Waals surface area (Å²) in [4.78, 5) is 12.3. The van der Waals surface area contributed by atoms with Crippen molar-refractivity contribution in [2.24, 2.45) is 0 Å². The molecule has 0 aromatic heterocycles. The molecule has 0 aliphatic carbocycles. The first kappa shape index (κ1) is 16.5. The van der Waals surface area contributed by atoms with Crippen molar-refractivity contribution in [3.63, 3.8) is 0 Å². The quantitative estimate of drug-likeness (QED) is 0.832. The molecule has 8 heteroatoms. The van der Waals surface area contributed by atoms with Crippen LogP contribution >= 0.6 is 27.5 Å². The molecule has 116 valence electrons. The van der Waals surface area contributed by atoms with Crippen molar-refractivity contribution in [3.05, 3.63) is 21.6 Å². The zero-order valence-corrected chi connectivity index (χ0v) is 13.5. The Morgan fingerprint density at radius 2 is 2.29 bits per heavy atom. The van der Waals surface area contributed by atoms with Gasteiger partial charge in [0, 0.05) is 5.02 Å². The first-order valence-corrected chi connectivity index (χ1v) is 7.49. The number of hydrogen-bond acceptors (Lipinski definition) is 3. The summed E-state index contributed by atoms with van der Waals surface area (Å²) < 4.78 is 29.7. The largest absolute Gasteiger partial charge is 0.431 e. The van der Waals surface area contributed by atoms with Gasteiger partial charge in [-0.25, -0.2) is 0 Å². The first-order chi connectivity index (χ1) is 9.82. The third kappa shape index (κ3) is 3.84. The Morgan fingerprint density at radius 3 is 2.86 bits per heavy atom. The second-order valence-electron chi connectivity index (χ2n) is 4.96. The van der Waals surface area contributed by atoms with Crippen molar-refractivity contribution < 1.29 is 18.3 Å². The molecule has 1 heterocycles. The van der Waals surface area contributed by atoms with Gasteiger partial charge in [-0.05, 0) is 54.4 Å². The summed E-state index contributed by atoms with van der Waals surface area (Å²) in [6.45, 7) is -0.495. The monoisotopic (exact) mass is 382 g/mol. The Kier molecular flexibility index (Phi) is 5.06. The van der Waals surface area contributed by atoms with Crippen LogP contribution in [0.5, 0.6) is 5.75 Å². The molecule has 0 bridgehead atoms. The Labute approximate surface area is 134 Å². The average Bonchev–Trinajstić information content (AvgIpc) is 2.81. The number of alkyl halides is 2. The second-order valence-corrected chi connectivity index (χ2v) is 6.25. The molecule has 4 nitrogen and oxygen atoms in total. The van der Waals surface area contributed by atoms with Crippen molar-refractivity contribution in [1.29, 1.82) is 0 Å². The number of ether oxygens (including phenoxy) is 1. The van der Waals surface area contributed by atoms with Gasteiger partial charge in [-0.1, -0.05) is 11.6 Å². The van der Waals surface area contributed by atoms with Crippen LogP contribution in [0.15, 0.2) is 16.6 Å². The molecule has 1 saturated heterocycles. The van der Waals surface area contributed by atoms with Gasteiger partial charge >= 0.3 is 6.61 Å². The summed E-state index contributed by atoms with van der Waals surface area (Å²) in [6.07, 6.45) is 1.55. The molecule has 1 aliphatic heterocycles. The van der Waals surface area contributed by atoms with E-state index in [1.807, 2.05) is 0 Å². The lowest BCUT2D eigenvalue weighted by Crippen LogP contribution is -2.48. The van der Waals surface area contributed by atoms with Gasteiger partial charge in [0.1, 0.15) is 0 Å². The van der Waals surface area contributed by atoms with Crippen LogP contribution in [-0.2, 0) is 4.79 Å². The van der Waals surface area contributed by atoms with Crippen LogP contribution in [0.4, 0.5) is 14.5 Å². The van der Waals surface area contributed by atoms with Gasteiger partial charge in [-0.2, -0.15) is 8.78 Å². The third-order valence-electron chi connectivity index (χ3n) is 3.33. The average molecular weight is 384 g/mol. The lowest BCUT2D eigenvalue weighted by molar-refractivity contribution is -0.121. The molecule has 1 amide bonds. The van der Waals surface area contributed by atoms with E-state index >= 15 is 0 Å². The SMILES string of the molecule is CC1(C(=O)Nc2cc(Cl)cc(Br)c2OC(F)F)CCCN1. The lowest BCUT2D eigenvalue weighted by Gasteiger charge is -2.24. The van der Waals surface area contributed by atoms with E-state index < -0.39 is 12.2 Å². The fourth-order valence-corrected chi connectivity index (χ4v) is 3.11. The molecule has 1 fully saturated rings. The van der Waals surface area contributed by atoms with Crippen LogP contribution in [-0.4, -0.2) is 24.6 Å². The molecule has 1 unspecified atom stereocenters. The fraction of sp³-hybridized carbons (Fsp3) is 0.462. The van der Waals surface area contributed by atoms with Gasteiger partial charge in [0.15, 0.2) is 5.75 Å². The number of carbonyl (C=O) groups excluding carboxylic acids is 1. The van der Waals surface area contributed by atoms with E-state index in [4.69, 9.17) is 11.6 Å². The predicted octanol–water partition coefficient (Wildman–Crippen LogP) is 3.78. The predicted molar refractivity (Wildman–Crippen MR) is 80.1 cm³/mol. The maximum absolute atomic E-state index is 12.5. The van der Waals surface area contributed by atoms with Gasteiger partial charge in [0.2, 0.25) is 5.91 Å². The molecule has 0 saturated carbocycles. The number of nitrogens with one attached hydrogen (secondary N) is 2. The van der Waals surface area contributed by atoms with Crippen LogP contribution in [0.1, 0.15) is 19.8 Å². The molecule has 0 radical (unpaired) electrons. The Bertz CT molecular complexity index is 551. The molecule has 1 aliphatic rings. The molecule has 2 N–H and O–H groups in total. The highest BCUT2D eigenvalue weighted by molar-refractivity contribution is 9.10. The topological polar surface area (TPSA) is 50.4 Å². The lowest BCUT2D eigenvalue weighted by atomic mass is 9.99. The maximum atomic E-state index is 12.5. The van der Waals surface area contributed by atoms with Gasteiger partial charge in [-0.3, -0.25) is 4.79 Å². The molecular weight excluding hydrogens is 370 g/mol. The number of amides is 1. The molecule has 1 aromatic rings. The molecule has 0 spiro atoms. The second kappa shape index (κ2) is 6.46. The number of rotatable bonds is 4. The minimum absolute atomic E-state index is 0.106. The molecule has 1 aromatic carbocycles. The standard InChI is InChI=1S/C13H14BrClF2N2O2/c1-13(3-2-4-18-13)11(20)19-9-6-7(15)5-8(14)10(9)21-12(16)17/h5-6,12,18H,2-4H2,1H3,(H,19,20). The minimum atomic E-state index is -3.00. The van der Waals surface area contributed by atoms with E-state index in [0.717, 1.165) is 13.0 Å². The van der Waals surface area contributed by atoms with Crippen LogP contribution in [0, 0.1) is 0 Å². The van der Waals surface area contributed by atoms with Crippen LogP contribution < -0.4 is 15.4 Å². The van der Waals surface area contributed by atoms with Crippen molar-refractivity contribution in [3.8, 4) is 5.75 Å². The van der Waals surface area contributed by atoms with Crippen LogP contribution in [0.3, 0.4) is 0 Å². The summed E-state index contributed by atoms with van der Waals surface area (Å²) in [7, 11) is 0. The molecule has 21 heavy (non-hydrogen) atoms. The summed E-state index contributed by atoms with van der Waals surface area (Å²) in [5.41, 5.74) is -0.619. The summed E-state index contributed by atoms with van der Waals surface area (Å²) in [6, 6.07) is 2.80. The van der Waals surface area contributed by atoms with Crippen molar-refractivity contribution in [2.75, 3.05) is 11.9 Å². The van der Waals surface area contributed by atoms with Crippen molar-refractivity contribution in [1.82, 2.24) is 5.32 Å². The Morgan fingerprint density at radius 1 is 1.57 bits per heavy atom. The van der Waals surface area contributed by atoms with Gasteiger partial charge in [-0.15, -0.1) is 0 Å². The number of carbonyl (C=O) groups is 1. The smallest absolute Gasteiger partial charge is 0.387 e. The van der Waals surface area contributed by atoms with Crippen LogP contribution in [0.2, 0.25) is 5.02 Å². The molecule has 1 atom stereocenters. The minimum Gasteiger partial charge on any atom is -0.431 e. The summed E-state index contributed by atoms with van der Waals surface area (Å²) in [5.74, 6) is -0.461. The first-order valence-electron chi connectivity index (χ1n) is 6.32. The van der Waals surface area contributed by atoms with E-state index in [1.54, 1.807) is 6.92 Å². The number of halogens is 4. The Hall–Kier alpha value is -0.920. The number of anilines is 1. The third-order valence-corrected chi connectivity index (χ3v) is 4.14. The van der Waals surface area contributed by atoms with E-state index in [0.29, 0.717) is 11.4 Å². The highest BCUT2D eigenvalue weighted by Crippen LogP contribution is 2.38. The van der Waals surface area contributed by atoms with E-state index in [2.05, 4.69) is 31.3 Å². The zero-order chi connectivity index (χ0) is 15.6. The summed E-state index contributed by atoms with van der Waals surface area (Å²) >= 11 is 9.00. The van der Waals surface area contributed by atoms with Crippen molar-refractivity contribution >= 4 is 39.1 Å². The highest BCUT2D eigenvalue weighted by atomic mass is 79.9. The highest BCUT2D eigenvalue weighted by Gasteiger charge is 2.36. The molecule has 2 rings (SSSR count). The van der Waals surface area contributed by atoms with Gasteiger partial charge in [0.25, 0.3) is 0 Å². The van der Waals surface area contributed by atoms with E-state index in [9.17, 15) is 13.6 Å². The summed E-state index contributed by atoms with van der Waals surface area (Å²) in [5, 5.41) is 6.00. The van der Waals surface area contributed by atoms with Gasteiger partial charge in [0.05, 0.1) is 15.7 Å². The maximum Gasteiger partial charge on any atom is 0.387 e. The van der Waals surface area contributed by atoms with Crippen LogP contribution in [0.25, 0.3) is 0 Å². The number of hydrogen-bond donors (Lipinski definition) is 2. The normalized spacial score (nSPS) is 21.6. The molecular formula is C13H14BrClF2N2O2. The van der Waals surface area contributed by atoms with E-state index in [-0.39, 0.29) is 21.8 Å². The number of benzene rings is 1. The van der Waals surface area contributed by atoms with Gasteiger partial charge < -0.3 is 15.4 Å². The Balaban J connectivity index is 2.27. The van der Waals surface area contributed by atoms with Crippen molar-refractivity contribution in [2.45, 2.75) is 31.9 Å². The zero-order valence-electron chi connectivity index (χ0n) is 11.2. The van der Waals surface area contributed by atoms with E-state index in [1.165, 1.54) is 12.1 Å².